The van der Waals surface area contributed by atoms with E-state index in [0.29, 0.717) is 10.7 Å². The van der Waals surface area contributed by atoms with Crippen molar-refractivity contribution < 1.29 is 0 Å². The fourth-order valence-corrected chi connectivity index (χ4v) is 1.96. The van der Waals surface area contributed by atoms with Crippen molar-refractivity contribution in [3.05, 3.63) is 35.2 Å². The van der Waals surface area contributed by atoms with Crippen LogP contribution in [0.2, 0.25) is 0 Å². The predicted molar refractivity (Wildman–Crippen MR) is 63.8 cm³/mol. The maximum Gasteiger partial charge on any atom is 0.207 e. The molecular weight excluding hydrogens is 220 g/mol. The molecule has 0 spiro atoms. The van der Waals surface area contributed by atoms with Crippen molar-refractivity contribution in [3.63, 3.8) is 0 Å². The third-order valence-electron chi connectivity index (χ3n) is 2.15. The second-order valence-corrected chi connectivity index (χ2v) is 4.13. The van der Waals surface area contributed by atoms with Crippen LogP contribution in [-0.2, 0) is 0 Å². The lowest BCUT2D eigenvalue weighted by atomic mass is 10.1. The highest BCUT2D eigenvalue weighted by atomic mass is 32.1. The van der Waals surface area contributed by atoms with Crippen LogP contribution in [0.1, 0.15) is 17.0 Å². The van der Waals surface area contributed by atoms with Crippen LogP contribution in [0.5, 0.6) is 0 Å². The quantitative estimate of drug-likeness (QED) is 0.861. The standard InChI is InChI=1S/C11H10N4S/c1-7-4-3-5-9(6-12)10(7)14-11-13-8(2)15-16-11/h3-5H,1-2H3,(H,13,14,15). The molecule has 1 aromatic heterocycles. The van der Waals surface area contributed by atoms with E-state index in [-0.39, 0.29) is 0 Å². The highest BCUT2D eigenvalue weighted by molar-refractivity contribution is 7.09. The van der Waals surface area contributed by atoms with Gasteiger partial charge < -0.3 is 5.32 Å². The Morgan fingerprint density at radius 1 is 1.38 bits per heavy atom. The number of nitriles is 1. The minimum Gasteiger partial charge on any atom is -0.329 e. The van der Waals surface area contributed by atoms with Gasteiger partial charge in [-0.05, 0) is 25.5 Å². The highest BCUT2D eigenvalue weighted by Gasteiger charge is 2.07. The number of aromatic nitrogens is 2. The van der Waals surface area contributed by atoms with Crippen LogP contribution in [0.4, 0.5) is 10.8 Å². The molecule has 1 heterocycles. The zero-order valence-corrected chi connectivity index (χ0v) is 9.80. The third kappa shape index (κ3) is 2.02. The lowest BCUT2D eigenvalue weighted by Crippen LogP contribution is -1.95. The van der Waals surface area contributed by atoms with Crippen molar-refractivity contribution in [3.8, 4) is 6.07 Å². The minimum absolute atomic E-state index is 0.618. The van der Waals surface area contributed by atoms with Gasteiger partial charge in [-0.25, -0.2) is 4.98 Å². The Kier molecular flexibility index (Phi) is 2.84. The van der Waals surface area contributed by atoms with E-state index in [1.54, 1.807) is 6.07 Å². The summed E-state index contributed by atoms with van der Waals surface area (Å²) in [5.41, 5.74) is 2.45. The fraction of sp³-hybridized carbons (Fsp3) is 0.182. The number of para-hydroxylation sites is 1. The Morgan fingerprint density at radius 3 is 2.81 bits per heavy atom. The van der Waals surface area contributed by atoms with Gasteiger partial charge in [0, 0.05) is 11.5 Å². The molecule has 0 bridgehead atoms. The zero-order chi connectivity index (χ0) is 11.5. The molecule has 1 N–H and O–H groups in total. The molecule has 0 amide bonds. The molecule has 80 valence electrons. The molecule has 0 aliphatic carbocycles. The first-order valence-corrected chi connectivity index (χ1v) is 5.55. The molecule has 0 aliphatic rings. The van der Waals surface area contributed by atoms with Gasteiger partial charge in [-0.2, -0.15) is 9.64 Å². The van der Waals surface area contributed by atoms with Gasteiger partial charge in [0.2, 0.25) is 5.13 Å². The SMILES string of the molecule is Cc1nsc(Nc2c(C)cccc2C#N)n1. The molecule has 0 fully saturated rings. The average molecular weight is 230 g/mol. The lowest BCUT2D eigenvalue weighted by molar-refractivity contribution is 1.16. The number of anilines is 2. The second-order valence-electron chi connectivity index (χ2n) is 3.38. The van der Waals surface area contributed by atoms with Crippen LogP contribution in [0.3, 0.4) is 0 Å². The maximum absolute atomic E-state index is 9.00. The number of hydrogen-bond donors (Lipinski definition) is 1. The van der Waals surface area contributed by atoms with E-state index in [1.165, 1.54) is 11.5 Å². The van der Waals surface area contributed by atoms with E-state index >= 15 is 0 Å². The van der Waals surface area contributed by atoms with E-state index in [9.17, 15) is 0 Å². The molecule has 0 unspecified atom stereocenters. The van der Waals surface area contributed by atoms with Gasteiger partial charge in [-0.3, -0.25) is 0 Å². The van der Waals surface area contributed by atoms with Crippen LogP contribution < -0.4 is 5.32 Å². The van der Waals surface area contributed by atoms with Crippen LogP contribution in [0, 0.1) is 25.2 Å². The summed E-state index contributed by atoms with van der Waals surface area (Å²) in [6, 6.07) is 7.76. The van der Waals surface area contributed by atoms with Crippen molar-refractivity contribution >= 4 is 22.4 Å². The minimum atomic E-state index is 0.618. The molecule has 2 aromatic rings. The number of nitrogens with one attached hydrogen (secondary N) is 1. The summed E-state index contributed by atoms with van der Waals surface area (Å²) in [7, 11) is 0. The third-order valence-corrected chi connectivity index (χ3v) is 2.87. The maximum atomic E-state index is 9.00. The highest BCUT2D eigenvalue weighted by Crippen LogP contribution is 2.25. The number of hydrogen-bond acceptors (Lipinski definition) is 5. The molecule has 1 aromatic carbocycles. The first kappa shape index (κ1) is 10.6. The van der Waals surface area contributed by atoms with Crippen molar-refractivity contribution in [2.75, 3.05) is 5.32 Å². The Balaban J connectivity index is 2.38. The normalized spacial score (nSPS) is 9.81. The Hall–Kier alpha value is -1.93. The number of rotatable bonds is 2. The summed E-state index contributed by atoms with van der Waals surface area (Å²) in [4.78, 5) is 4.21. The number of aryl methyl sites for hydroxylation is 2. The fourth-order valence-electron chi connectivity index (χ4n) is 1.38. The van der Waals surface area contributed by atoms with E-state index < -0.39 is 0 Å². The second kappa shape index (κ2) is 4.29. The van der Waals surface area contributed by atoms with Gasteiger partial charge in [0.15, 0.2) is 0 Å². The lowest BCUT2D eigenvalue weighted by Gasteiger charge is -2.07. The molecule has 0 saturated heterocycles. The Morgan fingerprint density at radius 2 is 2.19 bits per heavy atom. The average Bonchev–Trinajstić information content (AvgIpc) is 2.67. The van der Waals surface area contributed by atoms with Gasteiger partial charge in [-0.1, -0.05) is 12.1 Å². The molecule has 16 heavy (non-hydrogen) atoms. The summed E-state index contributed by atoms with van der Waals surface area (Å²) in [5.74, 6) is 0.736. The summed E-state index contributed by atoms with van der Waals surface area (Å²) in [6.45, 7) is 3.79. The first-order chi connectivity index (χ1) is 7.70. The van der Waals surface area contributed by atoms with Gasteiger partial charge in [0.05, 0.1) is 11.3 Å². The Bertz CT molecular complexity index is 553. The molecule has 4 nitrogen and oxygen atoms in total. The van der Waals surface area contributed by atoms with E-state index in [2.05, 4.69) is 20.7 Å². The van der Waals surface area contributed by atoms with Gasteiger partial charge >= 0.3 is 0 Å². The van der Waals surface area contributed by atoms with E-state index in [4.69, 9.17) is 5.26 Å². The van der Waals surface area contributed by atoms with Crippen LogP contribution in [0.15, 0.2) is 18.2 Å². The van der Waals surface area contributed by atoms with Crippen molar-refractivity contribution in [1.29, 1.82) is 5.26 Å². The predicted octanol–water partition coefficient (Wildman–Crippen LogP) is 2.77. The first-order valence-electron chi connectivity index (χ1n) is 4.78. The summed E-state index contributed by atoms with van der Waals surface area (Å²) < 4.78 is 4.08. The number of benzene rings is 1. The molecule has 2 rings (SSSR count). The molecule has 5 heteroatoms. The van der Waals surface area contributed by atoms with Gasteiger partial charge in [-0.15, -0.1) is 0 Å². The summed E-state index contributed by atoms with van der Waals surface area (Å²) >= 11 is 1.29. The zero-order valence-electron chi connectivity index (χ0n) is 8.98. The molecular formula is C11H10N4S. The number of nitrogens with zero attached hydrogens (tertiary/aromatic N) is 3. The van der Waals surface area contributed by atoms with Crippen LogP contribution in [-0.4, -0.2) is 9.36 Å². The van der Waals surface area contributed by atoms with Gasteiger partial charge in [0.25, 0.3) is 0 Å². The van der Waals surface area contributed by atoms with Crippen molar-refractivity contribution in [2.45, 2.75) is 13.8 Å². The molecule has 0 saturated carbocycles. The smallest absolute Gasteiger partial charge is 0.207 e. The van der Waals surface area contributed by atoms with Crippen LogP contribution >= 0.6 is 11.5 Å². The molecule has 0 radical (unpaired) electrons. The topological polar surface area (TPSA) is 61.6 Å². The van der Waals surface area contributed by atoms with E-state index in [0.717, 1.165) is 17.1 Å². The Labute approximate surface area is 97.7 Å². The van der Waals surface area contributed by atoms with Crippen LogP contribution in [0.25, 0.3) is 0 Å². The largest absolute Gasteiger partial charge is 0.329 e. The van der Waals surface area contributed by atoms with Crippen molar-refractivity contribution in [2.24, 2.45) is 0 Å². The van der Waals surface area contributed by atoms with E-state index in [1.807, 2.05) is 26.0 Å². The van der Waals surface area contributed by atoms with Crippen molar-refractivity contribution in [1.82, 2.24) is 9.36 Å². The monoisotopic (exact) mass is 230 g/mol. The summed E-state index contributed by atoms with van der Waals surface area (Å²) in [6.07, 6.45) is 0. The summed E-state index contributed by atoms with van der Waals surface area (Å²) in [5, 5.41) is 12.8. The van der Waals surface area contributed by atoms with Gasteiger partial charge in [0.1, 0.15) is 11.9 Å². The molecule has 0 aliphatic heterocycles. The molecule has 0 atom stereocenters.